The Bertz CT molecular complexity index is 269. The lowest BCUT2D eigenvalue weighted by Crippen LogP contribution is -2.41. The second kappa shape index (κ2) is 3.02. The smallest absolute Gasteiger partial charge is 0.0238 e. The third-order valence-corrected chi connectivity index (χ3v) is 6.54. The molecule has 2 saturated carbocycles. The molecule has 0 amide bonds. The van der Waals surface area contributed by atoms with Crippen molar-refractivity contribution in [3.05, 3.63) is 0 Å². The van der Waals surface area contributed by atoms with Crippen LogP contribution in [0.25, 0.3) is 0 Å². The molecule has 0 saturated heterocycles. The van der Waals surface area contributed by atoms with E-state index in [4.69, 9.17) is 0 Å². The average molecular weight is 208 g/mol. The molecule has 88 valence electrons. The summed E-state index contributed by atoms with van der Waals surface area (Å²) in [6.07, 6.45) is 5.72. The summed E-state index contributed by atoms with van der Waals surface area (Å²) in [5, 5.41) is 0. The van der Waals surface area contributed by atoms with Crippen molar-refractivity contribution in [1.29, 1.82) is 0 Å². The van der Waals surface area contributed by atoms with Gasteiger partial charge in [-0.05, 0) is 47.3 Å². The maximum absolute atomic E-state index is 2.57. The molecule has 2 aliphatic carbocycles. The van der Waals surface area contributed by atoms with E-state index in [1.807, 2.05) is 0 Å². The molecule has 2 rings (SSSR count). The molecule has 5 atom stereocenters. The molecule has 0 nitrogen and oxygen atoms in total. The minimum Gasteiger partial charge on any atom is -0.0648 e. The zero-order valence-electron chi connectivity index (χ0n) is 11.5. The van der Waals surface area contributed by atoms with Crippen molar-refractivity contribution in [2.45, 2.75) is 67.2 Å². The fraction of sp³-hybridized carbons (Fsp3) is 1.00. The predicted molar refractivity (Wildman–Crippen MR) is 66.8 cm³/mol. The zero-order chi connectivity index (χ0) is 11.5. The first-order valence-corrected chi connectivity index (χ1v) is 6.77. The summed E-state index contributed by atoms with van der Waals surface area (Å²) in [5.74, 6) is 1.84. The van der Waals surface area contributed by atoms with Crippen LogP contribution in [0, 0.1) is 28.1 Å². The highest BCUT2D eigenvalue weighted by atomic mass is 14.7. The summed E-state index contributed by atoms with van der Waals surface area (Å²) in [6.45, 7) is 15.0. The Morgan fingerprint density at radius 1 is 1.07 bits per heavy atom. The molecule has 0 radical (unpaired) electrons. The van der Waals surface area contributed by atoms with Gasteiger partial charge in [0.15, 0.2) is 0 Å². The molecule has 5 unspecified atom stereocenters. The van der Waals surface area contributed by atoms with Crippen LogP contribution in [0.4, 0.5) is 0 Å². The summed E-state index contributed by atoms with van der Waals surface area (Å²) in [7, 11) is 0. The molecular weight excluding hydrogens is 180 g/mol. The second-order valence-corrected chi connectivity index (χ2v) is 7.40. The first kappa shape index (κ1) is 11.5. The molecule has 0 aromatic rings. The first-order valence-electron chi connectivity index (χ1n) is 6.77. The van der Waals surface area contributed by atoms with Crippen LogP contribution < -0.4 is 0 Å². The second-order valence-electron chi connectivity index (χ2n) is 7.40. The van der Waals surface area contributed by atoms with Crippen molar-refractivity contribution in [2.75, 3.05) is 0 Å². The van der Waals surface area contributed by atoms with Crippen LogP contribution >= 0.6 is 0 Å². The van der Waals surface area contributed by atoms with Gasteiger partial charge in [-0.3, -0.25) is 0 Å². The lowest BCUT2D eigenvalue weighted by Gasteiger charge is -2.49. The van der Waals surface area contributed by atoms with E-state index >= 15 is 0 Å². The Morgan fingerprint density at radius 2 is 1.67 bits per heavy atom. The van der Waals surface area contributed by atoms with Gasteiger partial charge in [0.05, 0.1) is 0 Å². The lowest BCUT2D eigenvalue weighted by molar-refractivity contribution is -0.00137. The molecule has 0 heterocycles. The van der Waals surface area contributed by atoms with E-state index in [2.05, 4.69) is 41.5 Å². The van der Waals surface area contributed by atoms with Gasteiger partial charge in [0.25, 0.3) is 0 Å². The average Bonchev–Trinajstić information content (AvgIpc) is 2.23. The molecule has 2 aliphatic rings. The van der Waals surface area contributed by atoms with Crippen molar-refractivity contribution < 1.29 is 0 Å². The lowest BCUT2D eigenvalue weighted by atomic mass is 9.56. The minimum absolute atomic E-state index is 0.589. The third-order valence-electron chi connectivity index (χ3n) is 6.54. The molecule has 0 N–H and O–H groups in total. The fourth-order valence-corrected chi connectivity index (χ4v) is 5.33. The Labute approximate surface area is 95.8 Å². The third kappa shape index (κ3) is 1.26. The summed E-state index contributed by atoms with van der Waals surface area (Å²) >= 11 is 0. The standard InChI is InChI=1S/C15H28/c1-7-14(5)10-13(4)8-11(2)9-15(14,6)12(13)3/h11-12H,7-10H2,1-6H3. The van der Waals surface area contributed by atoms with Crippen LogP contribution in [-0.4, -0.2) is 0 Å². The van der Waals surface area contributed by atoms with E-state index in [1.165, 1.54) is 25.7 Å². The maximum atomic E-state index is 2.57. The zero-order valence-corrected chi connectivity index (χ0v) is 11.5. The van der Waals surface area contributed by atoms with Crippen LogP contribution in [0.2, 0.25) is 0 Å². The maximum Gasteiger partial charge on any atom is -0.0238 e. The molecule has 0 spiro atoms. The van der Waals surface area contributed by atoms with Crippen molar-refractivity contribution >= 4 is 0 Å². The molecular formula is C15H28. The Kier molecular flexibility index (Phi) is 2.31. The summed E-state index contributed by atoms with van der Waals surface area (Å²) < 4.78 is 0. The van der Waals surface area contributed by atoms with Gasteiger partial charge in [0.2, 0.25) is 0 Å². The van der Waals surface area contributed by atoms with Crippen LogP contribution in [0.1, 0.15) is 67.2 Å². The number of rotatable bonds is 1. The van der Waals surface area contributed by atoms with Crippen LogP contribution in [0.15, 0.2) is 0 Å². The number of hydrogen-bond acceptors (Lipinski definition) is 0. The van der Waals surface area contributed by atoms with Crippen molar-refractivity contribution in [1.82, 2.24) is 0 Å². The predicted octanol–water partition coefficient (Wildman–Crippen LogP) is 4.89. The SMILES string of the molecule is CCC1(C)CC2(C)CC(C)CC1(C)C2C. The molecule has 0 aromatic carbocycles. The van der Waals surface area contributed by atoms with Gasteiger partial charge in [-0.2, -0.15) is 0 Å². The Hall–Kier alpha value is 0. The number of hydrogen-bond donors (Lipinski definition) is 0. The quantitative estimate of drug-likeness (QED) is 0.576. The Balaban J connectivity index is 2.45. The van der Waals surface area contributed by atoms with Crippen molar-refractivity contribution in [3.8, 4) is 0 Å². The van der Waals surface area contributed by atoms with E-state index < -0.39 is 0 Å². The normalized spacial score (nSPS) is 59.6. The van der Waals surface area contributed by atoms with Gasteiger partial charge in [0.1, 0.15) is 0 Å². The topological polar surface area (TPSA) is 0 Å². The van der Waals surface area contributed by atoms with Gasteiger partial charge >= 0.3 is 0 Å². The van der Waals surface area contributed by atoms with Crippen molar-refractivity contribution in [2.24, 2.45) is 28.1 Å². The molecule has 0 aliphatic heterocycles. The van der Waals surface area contributed by atoms with Crippen LogP contribution in [-0.2, 0) is 0 Å². The summed E-state index contributed by atoms with van der Waals surface area (Å²) in [5.41, 5.74) is 1.80. The summed E-state index contributed by atoms with van der Waals surface area (Å²) in [4.78, 5) is 0. The van der Waals surface area contributed by atoms with Gasteiger partial charge in [-0.15, -0.1) is 0 Å². The molecule has 2 bridgehead atoms. The van der Waals surface area contributed by atoms with Crippen LogP contribution in [0.5, 0.6) is 0 Å². The van der Waals surface area contributed by atoms with E-state index in [1.54, 1.807) is 0 Å². The molecule has 15 heavy (non-hydrogen) atoms. The molecule has 0 aromatic heterocycles. The first-order chi connectivity index (χ1) is 6.77. The largest absolute Gasteiger partial charge is 0.0648 e. The minimum atomic E-state index is 0.589. The van der Waals surface area contributed by atoms with Crippen molar-refractivity contribution in [3.63, 3.8) is 0 Å². The van der Waals surface area contributed by atoms with E-state index in [0.717, 1.165) is 11.8 Å². The number of fused-ring (bicyclic) bond motifs is 2. The van der Waals surface area contributed by atoms with Gasteiger partial charge in [-0.1, -0.05) is 48.0 Å². The van der Waals surface area contributed by atoms with Crippen LogP contribution in [0.3, 0.4) is 0 Å². The fourth-order valence-electron chi connectivity index (χ4n) is 5.33. The highest BCUT2D eigenvalue weighted by molar-refractivity contribution is 5.12. The molecule has 2 fully saturated rings. The van der Waals surface area contributed by atoms with Gasteiger partial charge in [0, 0.05) is 0 Å². The monoisotopic (exact) mass is 208 g/mol. The highest BCUT2D eigenvalue weighted by Gasteiger charge is 2.63. The van der Waals surface area contributed by atoms with E-state index in [-0.39, 0.29) is 0 Å². The van der Waals surface area contributed by atoms with Gasteiger partial charge < -0.3 is 0 Å². The van der Waals surface area contributed by atoms with Gasteiger partial charge in [-0.25, -0.2) is 0 Å². The van der Waals surface area contributed by atoms with E-state index in [9.17, 15) is 0 Å². The summed E-state index contributed by atoms with van der Waals surface area (Å²) in [6, 6.07) is 0. The highest BCUT2D eigenvalue weighted by Crippen LogP contribution is 2.71. The van der Waals surface area contributed by atoms with E-state index in [0.29, 0.717) is 16.2 Å². The Morgan fingerprint density at radius 3 is 2.20 bits per heavy atom. The molecule has 0 heteroatoms.